The normalized spacial score (nSPS) is 15.4. The second kappa shape index (κ2) is 7.94. The van der Waals surface area contributed by atoms with E-state index in [1.54, 1.807) is 6.07 Å². The predicted octanol–water partition coefficient (Wildman–Crippen LogP) is 5.20. The molecule has 0 saturated heterocycles. The van der Waals surface area contributed by atoms with Crippen LogP contribution in [-0.4, -0.2) is 19.4 Å². The van der Waals surface area contributed by atoms with Crippen LogP contribution in [0.5, 0.6) is 0 Å². The molecular weight excluding hydrogens is 398 g/mol. The Kier molecular flexibility index (Phi) is 5.36. The molecule has 1 aromatic heterocycles. The first kappa shape index (κ1) is 19.6. The van der Waals surface area contributed by atoms with E-state index in [-0.39, 0.29) is 33.3 Å². The Morgan fingerprint density at radius 1 is 0.966 bits per heavy atom. The monoisotopic (exact) mass is 418 g/mol. The first-order chi connectivity index (χ1) is 13.9. The van der Waals surface area contributed by atoms with Crippen LogP contribution >= 0.6 is 0 Å². The van der Waals surface area contributed by atoms with Crippen molar-refractivity contribution < 1.29 is 21.6 Å². The molecule has 8 heteroatoms. The smallest absolute Gasteiger partial charge is 0.234 e. The summed E-state index contributed by atoms with van der Waals surface area (Å²) in [7, 11) is -4.09. The second-order valence-electron chi connectivity index (χ2n) is 7.07. The zero-order chi connectivity index (χ0) is 20.4. The highest BCUT2D eigenvalue weighted by atomic mass is 32.2. The van der Waals surface area contributed by atoms with Gasteiger partial charge >= 0.3 is 0 Å². The molecule has 1 aliphatic carbocycles. The predicted molar refractivity (Wildman–Crippen MR) is 104 cm³/mol. The third-order valence-corrected chi connectivity index (χ3v) is 6.70. The minimum Gasteiger partial charge on any atom is -0.419 e. The van der Waals surface area contributed by atoms with Crippen molar-refractivity contribution in [2.24, 2.45) is 0 Å². The summed E-state index contributed by atoms with van der Waals surface area (Å²) in [4.78, 5) is 4.01. The molecule has 4 rings (SSSR count). The zero-order valence-electron chi connectivity index (χ0n) is 15.6. The molecule has 0 amide bonds. The first-order valence-corrected chi connectivity index (χ1v) is 11.0. The van der Waals surface area contributed by atoms with E-state index in [0.29, 0.717) is 0 Å². The molecule has 0 bridgehead atoms. The van der Waals surface area contributed by atoms with Gasteiger partial charge in [0.25, 0.3) is 0 Å². The summed E-state index contributed by atoms with van der Waals surface area (Å²) in [6.45, 7) is 0. The third-order valence-electron chi connectivity index (χ3n) is 5.02. The highest BCUT2D eigenvalue weighted by molar-refractivity contribution is 7.91. The van der Waals surface area contributed by atoms with Gasteiger partial charge in [0.2, 0.25) is 26.6 Å². The van der Waals surface area contributed by atoms with Gasteiger partial charge in [0, 0.05) is 6.04 Å². The Labute approximate surface area is 167 Å². The third kappa shape index (κ3) is 4.03. The van der Waals surface area contributed by atoms with Crippen LogP contribution in [0.25, 0.3) is 11.5 Å². The average Bonchev–Trinajstić information content (AvgIpc) is 3.14. The van der Waals surface area contributed by atoms with Crippen molar-refractivity contribution in [2.75, 3.05) is 5.32 Å². The number of nitrogens with one attached hydrogen (secondary N) is 1. The summed E-state index contributed by atoms with van der Waals surface area (Å²) in [5.41, 5.74) is 0.0692. The number of nitrogens with zero attached hydrogens (tertiary/aromatic N) is 1. The van der Waals surface area contributed by atoms with Crippen molar-refractivity contribution in [1.29, 1.82) is 0 Å². The van der Waals surface area contributed by atoms with E-state index in [1.807, 2.05) is 0 Å². The number of hydrogen-bond acceptors (Lipinski definition) is 5. The highest BCUT2D eigenvalue weighted by Crippen LogP contribution is 2.35. The lowest BCUT2D eigenvalue weighted by molar-refractivity contribution is 0.449. The van der Waals surface area contributed by atoms with Gasteiger partial charge < -0.3 is 9.73 Å². The van der Waals surface area contributed by atoms with Gasteiger partial charge in [-0.05, 0) is 49.2 Å². The lowest BCUT2D eigenvalue weighted by atomic mass is 9.96. The average molecular weight is 418 g/mol. The molecule has 1 heterocycles. The van der Waals surface area contributed by atoms with Crippen LogP contribution in [0.4, 0.5) is 14.7 Å². The van der Waals surface area contributed by atoms with E-state index in [4.69, 9.17) is 4.42 Å². The summed E-state index contributed by atoms with van der Waals surface area (Å²) < 4.78 is 59.5. The van der Waals surface area contributed by atoms with E-state index in [1.165, 1.54) is 30.3 Å². The quantitative estimate of drug-likeness (QED) is 0.577. The molecular formula is C21H20F2N2O3S. The minimum atomic E-state index is -4.09. The zero-order valence-corrected chi connectivity index (χ0v) is 16.4. The summed E-state index contributed by atoms with van der Waals surface area (Å²) in [6, 6.07) is 10.4. The van der Waals surface area contributed by atoms with Gasteiger partial charge in [0.05, 0.1) is 10.5 Å². The van der Waals surface area contributed by atoms with Crippen LogP contribution in [0.3, 0.4) is 0 Å². The number of sulfone groups is 1. The topological polar surface area (TPSA) is 72.2 Å². The Hall–Kier alpha value is -2.74. The van der Waals surface area contributed by atoms with Crippen LogP contribution in [0.1, 0.15) is 32.1 Å². The number of benzene rings is 2. The number of anilines is 1. The Balaban J connectivity index is 1.80. The molecule has 1 aliphatic rings. The highest BCUT2D eigenvalue weighted by Gasteiger charge is 2.30. The molecule has 1 N–H and O–H groups in total. The molecule has 0 radical (unpaired) electrons. The molecule has 0 spiro atoms. The van der Waals surface area contributed by atoms with Crippen LogP contribution in [0.15, 0.2) is 62.9 Å². The number of rotatable bonds is 5. The Morgan fingerprint density at radius 3 is 2.34 bits per heavy atom. The fourth-order valence-corrected chi connectivity index (χ4v) is 4.75. The van der Waals surface area contributed by atoms with Gasteiger partial charge in [-0.3, -0.25) is 0 Å². The lowest BCUT2D eigenvalue weighted by Gasteiger charge is -2.22. The van der Waals surface area contributed by atoms with Gasteiger partial charge in [-0.2, -0.15) is 4.98 Å². The van der Waals surface area contributed by atoms with Crippen molar-refractivity contribution in [3.8, 4) is 11.5 Å². The SMILES string of the molecule is O=S(=O)(c1ccc(F)cc1)c1nc(-c2ccccc2F)oc1NC1CCCCC1. The second-order valence-corrected chi connectivity index (χ2v) is 8.93. The molecule has 3 aromatic rings. The van der Waals surface area contributed by atoms with E-state index >= 15 is 0 Å². The number of hydrogen-bond donors (Lipinski definition) is 1. The maximum Gasteiger partial charge on any atom is 0.234 e. The summed E-state index contributed by atoms with van der Waals surface area (Å²) >= 11 is 0. The summed E-state index contributed by atoms with van der Waals surface area (Å²) in [5.74, 6) is -1.25. The number of oxazole rings is 1. The van der Waals surface area contributed by atoms with Crippen molar-refractivity contribution in [3.63, 3.8) is 0 Å². The van der Waals surface area contributed by atoms with E-state index in [2.05, 4.69) is 10.3 Å². The fraction of sp³-hybridized carbons (Fsp3) is 0.286. The summed E-state index contributed by atoms with van der Waals surface area (Å²) in [5, 5.41) is 2.82. The molecule has 152 valence electrons. The molecule has 29 heavy (non-hydrogen) atoms. The van der Waals surface area contributed by atoms with Crippen molar-refractivity contribution in [3.05, 3.63) is 60.2 Å². The number of aromatic nitrogens is 1. The van der Waals surface area contributed by atoms with Gasteiger partial charge in [-0.25, -0.2) is 17.2 Å². The molecule has 0 aliphatic heterocycles. The largest absolute Gasteiger partial charge is 0.419 e. The van der Waals surface area contributed by atoms with E-state index in [9.17, 15) is 17.2 Å². The lowest BCUT2D eigenvalue weighted by Crippen LogP contribution is -2.23. The van der Waals surface area contributed by atoms with Crippen molar-refractivity contribution in [2.45, 2.75) is 48.1 Å². The van der Waals surface area contributed by atoms with Gasteiger partial charge in [0.15, 0.2) is 0 Å². The van der Waals surface area contributed by atoms with Crippen LogP contribution in [0, 0.1) is 11.6 Å². The summed E-state index contributed by atoms with van der Waals surface area (Å²) in [6.07, 6.45) is 4.96. The van der Waals surface area contributed by atoms with E-state index < -0.39 is 21.5 Å². The van der Waals surface area contributed by atoms with E-state index in [0.717, 1.165) is 44.2 Å². The molecule has 1 fully saturated rings. The maximum absolute atomic E-state index is 14.2. The molecule has 0 unspecified atom stereocenters. The van der Waals surface area contributed by atoms with Crippen molar-refractivity contribution >= 4 is 15.7 Å². The molecule has 1 saturated carbocycles. The Bertz CT molecular complexity index is 1110. The minimum absolute atomic E-state index is 0.0144. The Morgan fingerprint density at radius 2 is 1.66 bits per heavy atom. The van der Waals surface area contributed by atoms with Gasteiger partial charge in [-0.1, -0.05) is 31.4 Å². The van der Waals surface area contributed by atoms with Crippen molar-refractivity contribution in [1.82, 2.24) is 4.98 Å². The first-order valence-electron chi connectivity index (χ1n) is 9.48. The molecule has 2 aromatic carbocycles. The standard InChI is InChI=1S/C21H20F2N2O3S/c22-14-10-12-16(13-11-14)29(26,27)21-20(24-15-6-2-1-3-7-15)28-19(25-21)17-8-4-5-9-18(17)23/h4-5,8-13,15,24H,1-3,6-7H2. The van der Waals surface area contributed by atoms with Gasteiger partial charge in [-0.15, -0.1) is 0 Å². The molecule has 0 atom stereocenters. The molecule has 5 nitrogen and oxygen atoms in total. The maximum atomic E-state index is 14.2. The van der Waals surface area contributed by atoms with Crippen LogP contribution in [0.2, 0.25) is 0 Å². The van der Waals surface area contributed by atoms with Crippen LogP contribution < -0.4 is 5.32 Å². The fourth-order valence-electron chi connectivity index (χ4n) is 3.49. The number of halogens is 2. The van der Waals surface area contributed by atoms with Gasteiger partial charge in [0.1, 0.15) is 11.6 Å². The van der Waals surface area contributed by atoms with Crippen LogP contribution in [-0.2, 0) is 9.84 Å².